The van der Waals surface area contributed by atoms with Gasteiger partial charge in [-0.1, -0.05) is 36.4 Å². The van der Waals surface area contributed by atoms with Crippen LogP contribution in [0.15, 0.2) is 66.9 Å². The van der Waals surface area contributed by atoms with E-state index in [0.717, 1.165) is 28.3 Å². The van der Waals surface area contributed by atoms with Crippen LogP contribution in [0.3, 0.4) is 0 Å². The standard InChI is InChI=1S/C23H21F2N2O/c1-16-17(2)27(14-19-10-11-20(24)21(25)13-19)23-22(9-6-12-26(16)23)28-15-18-7-4-3-5-8-18/h3-13H,14-15H2,1-2H3/q+1. The number of rotatable bonds is 5. The van der Waals surface area contributed by atoms with Crippen molar-refractivity contribution in [3.8, 4) is 5.75 Å². The summed E-state index contributed by atoms with van der Waals surface area (Å²) in [4.78, 5) is 0. The largest absolute Gasteiger partial charge is 0.481 e. The molecule has 2 aromatic carbocycles. The Morgan fingerprint density at radius 2 is 1.68 bits per heavy atom. The first-order chi connectivity index (χ1) is 13.5. The zero-order valence-electron chi connectivity index (χ0n) is 15.8. The summed E-state index contributed by atoms with van der Waals surface area (Å²) in [6.07, 6.45) is 1.98. The van der Waals surface area contributed by atoms with Crippen molar-refractivity contribution < 1.29 is 17.9 Å². The van der Waals surface area contributed by atoms with E-state index in [0.29, 0.717) is 18.7 Å². The van der Waals surface area contributed by atoms with Crippen LogP contribution >= 0.6 is 0 Å². The van der Waals surface area contributed by atoms with Crippen LogP contribution < -0.4 is 9.14 Å². The lowest BCUT2D eigenvalue weighted by Crippen LogP contribution is -2.23. The van der Waals surface area contributed by atoms with Crippen molar-refractivity contribution in [1.82, 2.24) is 4.57 Å². The van der Waals surface area contributed by atoms with Gasteiger partial charge in [0.25, 0.3) is 0 Å². The Hall–Kier alpha value is -3.21. The molecule has 28 heavy (non-hydrogen) atoms. The molecule has 0 amide bonds. The number of fused-ring (bicyclic) bond motifs is 1. The molecule has 4 aromatic rings. The van der Waals surface area contributed by atoms with Crippen LogP contribution in [0.4, 0.5) is 8.78 Å². The molecule has 0 aliphatic carbocycles. The summed E-state index contributed by atoms with van der Waals surface area (Å²) in [5, 5.41) is 0. The summed E-state index contributed by atoms with van der Waals surface area (Å²) in [5.41, 5.74) is 4.77. The summed E-state index contributed by atoms with van der Waals surface area (Å²) < 4.78 is 37.2. The quantitative estimate of drug-likeness (QED) is 0.458. The summed E-state index contributed by atoms with van der Waals surface area (Å²) in [6, 6.07) is 17.9. The van der Waals surface area contributed by atoms with Gasteiger partial charge in [0.05, 0.1) is 6.20 Å². The predicted molar refractivity (Wildman–Crippen MR) is 103 cm³/mol. The monoisotopic (exact) mass is 379 g/mol. The molecule has 2 aromatic heterocycles. The smallest absolute Gasteiger partial charge is 0.329 e. The molecule has 0 spiro atoms. The molecule has 0 N–H and O–H groups in total. The molecule has 0 saturated heterocycles. The van der Waals surface area contributed by atoms with Gasteiger partial charge in [0, 0.05) is 13.8 Å². The van der Waals surface area contributed by atoms with Gasteiger partial charge in [-0.25, -0.2) is 13.3 Å². The average Bonchev–Trinajstić information content (AvgIpc) is 2.95. The molecule has 2 heterocycles. The molecular weight excluding hydrogens is 358 g/mol. The topological polar surface area (TPSA) is 18.3 Å². The van der Waals surface area contributed by atoms with Crippen LogP contribution in [0.5, 0.6) is 5.75 Å². The van der Waals surface area contributed by atoms with Crippen molar-refractivity contribution >= 4 is 5.65 Å². The molecule has 0 aliphatic rings. The Labute approximate surface area is 162 Å². The number of pyridine rings is 1. The second kappa shape index (κ2) is 7.43. The molecule has 5 heteroatoms. The molecule has 0 radical (unpaired) electrons. The van der Waals surface area contributed by atoms with Gasteiger partial charge < -0.3 is 4.74 Å². The van der Waals surface area contributed by atoms with E-state index in [1.54, 1.807) is 6.07 Å². The average molecular weight is 379 g/mol. The third kappa shape index (κ3) is 3.36. The molecule has 0 bridgehead atoms. The van der Waals surface area contributed by atoms with Crippen LogP contribution in [0.25, 0.3) is 5.65 Å². The van der Waals surface area contributed by atoms with E-state index in [2.05, 4.69) is 8.97 Å². The van der Waals surface area contributed by atoms with Crippen LogP contribution in [0, 0.1) is 25.5 Å². The highest BCUT2D eigenvalue weighted by Crippen LogP contribution is 2.23. The first kappa shape index (κ1) is 18.2. The lowest BCUT2D eigenvalue weighted by atomic mass is 10.2. The van der Waals surface area contributed by atoms with E-state index in [4.69, 9.17) is 4.74 Å². The maximum Gasteiger partial charge on any atom is 0.329 e. The number of aryl methyl sites for hydroxylation is 1. The summed E-state index contributed by atoms with van der Waals surface area (Å²) >= 11 is 0. The van der Waals surface area contributed by atoms with Gasteiger partial charge in [-0.05, 0) is 35.4 Å². The normalized spacial score (nSPS) is 11.1. The van der Waals surface area contributed by atoms with Crippen molar-refractivity contribution in [2.75, 3.05) is 0 Å². The maximum atomic E-state index is 13.7. The molecule has 142 valence electrons. The third-order valence-corrected chi connectivity index (χ3v) is 5.04. The van der Waals surface area contributed by atoms with Crippen molar-refractivity contribution in [2.24, 2.45) is 0 Å². The number of halogens is 2. The summed E-state index contributed by atoms with van der Waals surface area (Å²) in [5.74, 6) is -0.933. The Kier molecular flexibility index (Phi) is 4.82. The first-order valence-electron chi connectivity index (χ1n) is 9.15. The minimum absolute atomic E-state index is 0.423. The van der Waals surface area contributed by atoms with E-state index in [1.807, 2.05) is 62.5 Å². The summed E-state index contributed by atoms with van der Waals surface area (Å²) in [7, 11) is 0. The maximum absolute atomic E-state index is 13.7. The van der Waals surface area contributed by atoms with Crippen LogP contribution in [-0.4, -0.2) is 4.57 Å². The van der Waals surface area contributed by atoms with Crippen LogP contribution in [0.2, 0.25) is 0 Å². The van der Waals surface area contributed by atoms with E-state index in [-0.39, 0.29) is 0 Å². The number of ether oxygens (including phenoxy) is 1. The molecule has 0 fully saturated rings. The molecule has 0 saturated carbocycles. The second-order valence-electron chi connectivity index (χ2n) is 6.85. The highest BCUT2D eigenvalue weighted by Gasteiger charge is 2.24. The lowest BCUT2D eigenvalue weighted by molar-refractivity contribution is -0.519. The highest BCUT2D eigenvalue weighted by atomic mass is 19.2. The zero-order valence-corrected chi connectivity index (χ0v) is 15.8. The predicted octanol–water partition coefficient (Wildman–Crippen LogP) is 4.75. The fraction of sp³-hybridized carbons (Fsp3) is 0.174. The zero-order chi connectivity index (χ0) is 19.7. The van der Waals surface area contributed by atoms with Crippen molar-refractivity contribution in [2.45, 2.75) is 27.0 Å². The van der Waals surface area contributed by atoms with E-state index >= 15 is 0 Å². The Bertz CT molecular complexity index is 1140. The van der Waals surface area contributed by atoms with Gasteiger partial charge in [-0.2, -0.15) is 4.40 Å². The number of aromatic nitrogens is 2. The lowest BCUT2D eigenvalue weighted by Gasteiger charge is -2.07. The van der Waals surface area contributed by atoms with Crippen molar-refractivity contribution in [3.63, 3.8) is 0 Å². The Balaban J connectivity index is 1.75. The van der Waals surface area contributed by atoms with Gasteiger partial charge in [-0.3, -0.25) is 0 Å². The van der Waals surface area contributed by atoms with Crippen molar-refractivity contribution in [3.05, 3.63) is 101 Å². The Morgan fingerprint density at radius 3 is 2.43 bits per heavy atom. The van der Waals surface area contributed by atoms with Gasteiger partial charge in [0.1, 0.15) is 24.5 Å². The first-order valence-corrected chi connectivity index (χ1v) is 9.15. The minimum Gasteiger partial charge on any atom is -0.481 e. The van der Waals surface area contributed by atoms with Crippen LogP contribution in [0.1, 0.15) is 22.5 Å². The minimum atomic E-state index is -0.838. The van der Waals surface area contributed by atoms with Gasteiger partial charge in [0.15, 0.2) is 11.6 Å². The molecular formula is C23H21F2N2O+. The van der Waals surface area contributed by atoms with E-state index < -0.39 is 11.6 Å². The Morgan fingerprint density at radius 1 is 0.893 bits per heavy atom. The van der Waals surface area contributed by atoms with Gasteiger partial charge >= 0.3 is 5.65 Å². The molecule has 4 rings (SSSR count). The fourth-order valence-electron chi connectivity index (χ4n) is 3.40. The van der Waals surface area contributed by atoms with Crippen molar-refractivity contribution in [1.29, 1.82) is 0 Å². The molecule has 0 aliphatic heterocycles. The molecule has 0 unspecified atom stereocenters. The highest BCUT2D eigenvalue weighted by molar-refractivity contribution is 5.50. The van der Waals surface area contributed by atoms with E-state index in [1.165, 1.54) is 12.1 Å². The molecule has 0 atom stereocenters. The number of imidazole rings is 1. The van der Waals surface area contributed by atoms with E-state index in [9.17, 15) is 8.78 Å². The van der Waals surface area contributed by atoms with Gasteiger partial charge in [-0.15, -0.1) is 0 Å². The third-order valence-electron chi connectivity index (χ3n) is 5.04. The number of nitrogens with zero attached hydrogens (tertiary/aromatic N) is 2. The fourth-order valence-corrected chi connectivity index (χ4v) is 3.40. The molecule has 3 nitrogen and oxygen atoms in total. The number of benzene rings is 2. The SMILES string of the molecule is Cc1c(C)[n+]2cccc(OCc3ccccc3)c2n1Cc1ccc(F)c(F)c1. The van der Waals surface area contributed by atoms with Crippen LogP contribution in [-0.2, 0) is 13.2 Å². The summed E-state index contributed by atoms with van der Waals surface area (Å²) in [6.45, 7) is 4.93. The number of hydrogen-bond donors (Lipinski definition) is 0. The second-order valence-corrected chi connectivity index (χ2v) is 6.85. The number of hydrogen-bond acceptors (Lipinski definition) is 1. The van der Waals surface area contributed by atoms with Gasteiger partial charge in [0.2, 0.25) is 5.75 Å².